The van der Waals surface area contributed by atoms with Crippen LogP contribution in [0.25, 0.3) is 6.08 Å². The summed E-state index contributed by atoms with van der Waals surface area (Å²) in [5.74, 6) is 2.17. The highest BCUT2D eigenvalue weighted by Crippen LogP contribution is 2.38. The van der Waals surface area contributed by atoms with Gasteiger partial charge in [-0.1, -0.05) is 18.2 Å². The van der Waals surface area contributed by atoms with Crippen LogP contribution in [0.5, 0.6) is 28.7 Å². The lowest BCUT2D eigenvalue weighted by atomic mass is 10.1. The first kappa shape index (κ1) is 21.7. The van der Waals surface area contributed by atoms with Gasteiger partial charge in [-0.05, 0) is 42.0 Å². The van der Waals surface area contributed by atoms with E-state index in [2.05, 4.69) is 4.98 Å². The van der Waals surface area contributed by atoms with E-state index in [1.165, 1.54) is 27.4 Å². The normalized spacial score (nSPS) is 10.5. The maximum Gasteiger partial charge on any atom is 0.331 e. The second kappa shape index (κ2) is 10.7. The molecule has 7 nitrogen and oxygen atoms in total. The predicted molar refractivity (Wildman–Crippen MR) is 116 cm³/mol. The molecule has 0 N–H and O–H groups in total. The van der Waals surface area contributed by atoms with Crippen LogP contribution in [0, 0.1) is 0 Å². The topological polar surface area (TPSA) is 76.1 Å². The Hall–Kier alpha value is -4.00. The van der Waals surface area contributed by atoms with Crippen LogP contribution in [0.1, 0.15) is 11.1 Å². The molecule has 0 fully saturated rings. The second-order valence-corrected chi connectivity index (χ2v) is 6.30. The van der Waals surface area contributed by atoms with Crippen molar-refractivity contribution in [2.24, 2.45) is 0 Å². The smallest absolute Gasteiger partial charge is 0.331 e. The molecule has 160 valence electrons. The molecule has 31 heavy (non-hydrogen) atoms. The third-order valence-electron chi connectivity index (χ3n) is 4.30. The highest BCUT2D eigenvalue weighted by molar-refractivity contribution is 5.87. The Morgan fingerprint density at radius 3 is 2.32 bits per heavy atom. The minimum atomic E-state index is -0.495. The van der Waals surface area contributed by atoms with Gasteiger partial charge in [0.1, 0.15) is 18.1 Å². The van der Waals surface area contributed by atoms with Gasteiger partial charge in [0.15, 0.2) is 11.5 Å². The quantitative estimate of drug-likeness (QED) is 0.367. The Labute approximate surface area is 180 Å². The van der Waals surface area contributed by atoms with E-state index in [1.807, 2.05) is 24.3 Å². The first-order chi connectivity index (χ1) is 15.1. The molecule has 7 heteroatoms. The van der Waals surface area contributed by atoms with E-state index in [0.717, 1.165) is 5.56 Å². The standard InChI is InChI=1S/C24H23NO6/c1-27-21-13-17(14-22(28-2)24(21)29-3)10-11-23(26)30-16-18-7-4-5-9-20(18)31-19-8-6-12-25-15-19/h4-15H,16H2,1-3H3/b11-10+. The molecule has 0 aliphatic carbocycles. The largest absolute Gasteiger partial charge is 0.493 e. The van der Waals surface area contributed by atoms with E-state index in [9.17, 15) is 4.79 Å². The highest BCUT2D eigenvalue weighted by Gasteiger charge is 2.12. The van der Waals surface area contributed by atoms with E-state index in [-0.39, 0.29) is 6.61 Å². The number of benzene rings is 2. The van der Waals surface area contributed by atoms with Crippen molar-refractivity contribution >= 4 is 12.0 Å². The van der Waals surface area contributed by atoms with Gasteiger partial charge in [0.25, 0.3) is 0 Å². The predicted octanol–water partition coefficient (Wildman–Crippen LogP) is 4.66. The summed E-state index contributed by atoms with van der Waals surface area (Å²) in [6.45, 7) is 0.0643. The number of pyridine rings is 1. The average molecular weight is 421 g/mol. The fraction of sp³-hybridized carbons (Fsp3) is 0.167. The van der Waals surface area contributed by atoms with Crippen molar-refractivity contribution in [3.8, 4) is 28.7 Å². The Morgan fingerprint density at radius 2 is 1.68 bits per heavy atom. The number of hydrogen-bond donors (Lipinski definition) is 0. The molecule has 1 heterocycles. The third kappa shape index (κ3) is 5.76. The molecule has 2 aromatic carbocycles. The zero-order valence-electron chi connectivity index (χ0n) is 17.5. The monoisotopic (exact) mass is 421 g/mol. The number of carbonyl (C=O) groups is 1. The van der Waals surface area contributed by atoms with Gasteiger partial charge in [-0.2, -0.15) is 0 Å². The van der Waals surface area contributed by atoms with Crippen molar-refractivity contribution in [1.29, 1.82) is 0 Å². The lowest BCUT2D eigenvalue weighted by molar-refractivity contribution is -0.138. The number of methoxy groups -OCH3 is 3. The first-order valence-corrected chi connectivity index (χ1v) is 9.45. The van der Waals surface area contributed by atoms with Crippen LogP contribution in [0.15, 0.2) is 67.0 Å². The maximum absolute atomic E-state index is 12.2. The molecule has 0 amide bonds. The molecule has 0 atom stereocenters. The number of hydrogen-bond acceptors (Lipinski definition) is 7. The zero-order valence-corrected chi connectivity index (χ0v) is 17.5. The summed E-state index contributed by atoms with van der Waals surface area (Å²) in [7, 11) is 4.59. The molecular weight excluding hydrogens is 398 g/mol. The van der Waals surface area contributed by atoms with Crippen LogP contribution in [-0.2, 0) is 16.1 Å². The van der Waals surface area contributed by atoms with Crippen molar-refractivity contribution in [3.63, 3.8) is 0 Å². The number of nitrogens with zero attached hydrogens (tertiary/aromatic N) is 1. The van der Waals surface area contributed by atoms with Crippen molar-refractivity contribution in [2.45, 2.75) is 6.61 Å². The van der Waals surface area contributed by atoms with Gasteiger partial charge in [-0.15, -0.1) is 0 Å². The molecule has 0 saturated carbocycles. The van der Waals surface area contributed by atoms with Crippen LogP contribution in [0.4, 0.5) is 0 Å². The van der Waals surface area contributed by atoms with Gasteiger partial charge >= 0.3 is 5.97 Å². The molecule has 0 aliphatic heterocycles. The van der Waals surface area contributed by atoms with E-state index in [0.29, 0.717) is 34.3 Å². The van der Waals surface area contributed by atoms with E-state index in [4.69, 9.17) is 23.7 Å². The summed E-state index contributed by atoms with van der Waals surface area (Å²) in [5.41, 5.74) is 1.44. The lowest BCUT2D eigenvalue weighted by Crippen LogP contribution is -2.02. The first-order valence-electron chi connectivity index (χ1n) is 9.45. The summed E-state index contributed by atoms with van der Waals surface area (Å²) in [6.07, 6.45) is 6.24. The van der Waals surface area contributed by atoms with E-state index in [1.54, 1.807) is 42.7 Å². The third-order valence-corrected chi connectivity index (χ3v) is 4.30. The van der Waals surface area contributed by atoms with Gasteiger partial charge in [0.05, 0.1) is 27.5 Å². The Bertz CT molecular complexity index is 1020. The van der Waals surface area contributed by atoms with Crippen LogP contribution >= 0.6 is 0 Å². The molecule has 0 saturated heterocycles. The molecule has 0 unspecified atom stereocenters. The molecular formula is C24H23NO6. The Kier molecular flexibility index (Phi) is 7.48. The van der Waals surface area contributed by atoms with Crippen LogP contribution in [-0.4, -0.2) is 32.3 Å². The minimum absolute atomic E-state index is 0.0643. The number of para-hydroxylation sites is 1. The van der Waals surface area contributed by atoms with E-state index < -0.39 is 5.97 Å². The summed E-state index contributed by atoms with van der Waals surface area (Å²) >= 11 is 0. The van der Waals surface area contributed by atoms with Crippen molar-refractivity contribution in [2.75, 3.05) is 21.3 Å². The van der Waals surface area contributed by atoms with Crippen molar-refractivity contribution in [1.82, 2.24) is 4.98 Å². The number of aromatic nitrogens is 1. The molecule has 0 radical (unpaired) electrons. The van der Waals surface area contributed by atoms with Gasteiger partial charge in [0.2, 0.25) is 5.75 Å². The summed E-state index contributed by atoms with van der Waals surface area (Å²) in [5, 5.41) is 0. The lowest BCUT2D eigenvalue weighted by Gasteiger charge is -2.12. The average Bonchev–Trinajstić information content (AvgIpc) is 2.82. The number of rotatable bonds is 9. The number of carbonyl (C=O) groups excluding carboxylic acids is 1. The number of ether oxygens (including phenoxy) is 5. The minimum Gasteiger partial charge on any atom is -0.493 e. The zero-order chi connectivity index (χ0) is 22.1. The summed E-state index contributed by atoms with van der Waals surface area (Å²) < 4.78 is 27.1. The van der Waals surface area contributed by atoms with E-state index >= 15 is 0 Å². The maximum atomic E-state index is 12.2. The van der Waals surface area contributed by atoms with Crippen LogP contribution < -0.4 is 18.9 Å². The highest BCUT2D eigenvalue weighted by atomic mass is 16.5. The van der Waals surface area contributed by atoms with Gasteiger partial charge in [-0.3, -0.25) is 4.98 Å². The fourth-order valence-electron chi connectivity index (χ4n) is 2.82. The van der Waals surface area contributed by atoms with Crippen LogP contribution in [0.3, 0.4) is 0 Å². The summed E-state index contributed by atoms with van der Waals surface area (Å²) in [4.78, 5) is 16.3. The second-order valence-electron chi connectivity index (χ2n) is 6.30. The Balaban J connectivity index is 1.67. The van der Waals surface area contributed by atoms with Gasteiger partial charge in [0, 0.05) is 17.8 Å². The SMILES string of the molecule is COc1cc(/C=C/C(=O)OCc2ccccc2Oc2cccnc2)cc(OC)c1OC. The number of esters is 1. The van der Waals surface area contributed by atoms with Crippen LogP contribution in [0.2, 0.25) is 0 Å². The molecule has 3 rings (SSSR count). The van der Waals surface area contributed by atoms with Crippen molar-refractivity contribution in [3.05, 3.63) is 78.1 Å². The van der Waals surface area contributed by atoms with Gasteiger partial charge < -0.3 is 23.7 Å². The molecule has 1 aromatic heterocycles. The van der Waals surface area contributed by atoms with Crippen molar-refractivity contribution < 1.29 is 28.5 Å². The molecule has 0 aliphatic rings. The fourth-order valence-corrected chi connectivity index (χ4v) is 2.82. The summed E-state index contributed by atoms with van der Waals surface area (Å²) in [6, 6.07) is 14.4. The molecule has 0 spiro atoms. The van der Waals surface area contributed by atoms with Gasteiger partial charge in [-0.25, -0.2) is 4.79 Å². The Morgan fingerprint density at radius 1 is 0.935 bits per heavy atom. The molecule has 3 aromatic rings. The molecule has 0 bridgehead atoms.